The number of rotatable bonds is 10. The van der Waals surface area contributed by atoms with Crippen LogP contribution in [0.3, 0.4) is 0 Å². The average molecular weight is 599 g/mol. The molecule has 230 valence electrons. The van der Waals surface area contributed by atoms with Crippen LogP contribution in [-0.2, 0) is 12.7 Å². The third-order valence-electron chi connectivity index (χ3n) is 8.95. The molecule has 2 aliphatic carbocycles. The van der Waals surface area contributed by atoms with Crippen molar-refractivity contribution in [2.45, 2.75) is 84.0 Å². The van der Waals surface area contributed by atoms with Gasteiger partial charge in [0.2, 0.25) is 17.6 Å². The molecule has 1 unspecified atom stereocenters. The highest BCUT2D eigenvalue weighted by atomic mass is 19.4. The van der Waals surface area contributed by atoms with Crippen molar-refractivity contribution in [2.24, 2.45) is 11.8 Å². The molecular weight excluding hydrogens is 561 g/mol. The summed E-state index contributed by atoms with van der Waals surface area (Å²) in [7, 11) is 0. The van der Waals surface area contributed by atoms with Crippen LogP contribution in [0, 0.1) is 11.8 Å². The Kier molecular flexibility index (Phi) is 8.15. The van der Waals surface area contributed by atoms with Crippen LogP contribution in [0.4, 0.5) is 24.9 Å². The number of fused-ring (bicyclic) bond motifs is 1. The number of alkyl halides is 3. The van der Waals surface area contributed by atoms with E-state index in [0.29, 0.717) is 46.9 Å². The van der Waals surface area contributed by atoms with Gasteiger partial charge in [0.05, 0.1) is 12.1 Å². The predicted octanol–water partition coefficient (Wildman–Crippen LogP) is 6.24. The topological polar surface area (TPSA) is 118 Å². The number of anilines is 2. The molecule has 2 aliphatic rings. The van der Waals surface area contributed by atoms with E-state index in [-0.39, 0.29) is 24.2 Å². The minimum Gasteiger partial charge on any atom is -0.365 e. The van der Waals surface area contributed by atoms with E-state index >= 15 is 0 Å². The number of halogens is 3. The molecule has 0 bridgehead atoms. The number of benzene rings is 1. The van der Waals surface area contributed by atoms with E-state index in [2.05, 4.69) is 39.2 Å². The number of hydrogen-bond acceptors (Lipinski definition) is 8. The third-order valence-corrected chi connectivity index (χ3v) is 8.95. The van der Waals surface area contributed by atoms with Crippen LogP contribution < -0.4 is 16.0 Å². The minimum absolute atomic E-state index is 0.0969. The molecule has 0 radical (unpaired) electrons. The number of aromatic nitrogens is 6. The van der Waals surface area contributed by atoms with Crippen molar-refractivity contribution < 1.29 is 17.7 Å². The molecule has 6 rings (SSSR count). The Morgan fingerprint density at radius 1 is 1.07 bits per heavy atom. The van der Waals surface area contributed by atoms with Gasteiger partial charge in [-0.2, -0.15) is 18.2 Å². The summed E-state index contributed by atoms with van der Waals surface area (Å²) in [5, 5.41) is 7.38. The average Bonchev–Trinajstić information content (AvgIpc) is 3.55. The molecule has 0 saturated heterocycles. The Bertz CT molecular complexity index is 1600. The first-order valence-electron chi connectivity index (χ1n) is 15.2. The summed E-state index contributed by atoms with van der Waals surface area (Å²) >= 11 is 0. The van der Waals surface area contributed by atoms with E-state index < -0.39 is 17.5 Å². The first-order chi connectivity index (χ1) is 20.7. The second-order valence-corrected chi connectivity index (χ2v) is 11.9. The lowest BCUT2D eigenvalue weighted by molar-refractivity contribution is -0.137. The molecule has 3 aromatic heterocycles. The Morgan fingerprint density at radius 2 is 1.81 bits per heavy atom. The monoisotopic (exact) mass is 598 g/mol. The van der Waals surface area contributed by atoms with Crippen molar-refractivity contribution in [1.82, 2.24) is 29.7 Å². The highest BCUT2D eigenvalue weighted by Gasteiger charge is 2.31. The van der Waals surface area contributed by atoms with Crippen LogP contribution in [0.25, 0.3) is 22.8 Å². The first kappa shape index (κ1) is 29.2. The molecule has 0 spiro atoms. The van der Waals surface area contributed by atoms with Gasteiger partial charge in [0.15, 0.2) is 11.5 Å². The number of imidazole rings is 1. The molecule has 0 aliphatic heterocycles. The quantitative estimate of drug-likeness (QED) is 0.220. The lowest BCUT2D eigenvalue weighted by Crippen LogP contribution is -2.33. The first-order valence-corrected chi connectivity index (χ1v) is 15.2. The van der Waals surface area contributed by atoms with E-state index in [1.54, 1.807) is 0 Å². The lowest BCUT2D eigenvalue weighted by atomic mass is 9.80. The summed E-state index contributed by atoms with van der Waals surface area (Å²) in [5.41, 5.74) is 1.06. The second-order valence-electron chi connectivity index (χ2n) is 11.9. The Morgan fingerprint density at radius 3 is 2.42 bits per heavy atom. The summed E-state index contributed by atoms with van der Waals surface area (Å²) in [6, 6.07) is 5.35. The summed E-state index contributed by atoms with van der Waals surface area (Å²) < 4.78 is 46.7. The van der Waals surface area contributed by atoms with Gasteiger partial charge >= 0.3 is 11.9 Å². The maximum Gasteiger partial charge on any atom is 0.439 e. The lowest BCUT2D eigenvalue weighted by Gasteiger charge is -2.32. The summed E-state index contributed by atoms with van der Waals surface area (Å²) in [6.45, 7) is 6.01. The van der Waals surface area contributed by atoms with Crippen LogP contribution in [0.1, 0.15) is 76.3 Å². The summed E-state index contributed by atoms with van der Waals surface area (Å²) in [5.74, 6) is 1.79. The fourth-order valence-corrected chi connectivity index (χ4v) is 6.24. The SMILES string of the molecule is CCN(CC1CCCCC1)c1nc2nc(-c3noc(=O)[nH]3)nc(NC(C)C3CCC3)c2n1Cc1ccc(C(F)(F)F)cc1. The smallest absolute Gasteiger partial charge is 0.365 e. The molecule has 13 heteroatoms. The van der Waals surface area contributed by atoms with Gasteiger partial charge in [0, 0.05) is 19.1 Å². The predicted molar refractivity (Wildman–Crippen MR) is 157 cm³/mol. The van der Waals surface area contributed by atoms with Gasteiger partial charge in [0.1, 0.15) is 5.52 Å². The standard InChI is InChI=1S/C30H37F3N8O2/c1-3-40(16-19-8-5-4-6-9-19)28-37-25-23(41(28)17-20-12-14-22(15-13-20)30(31,32)33)24(34-18(2)21-10-7-11-21)35-26(36-25)27-38-29(42)43-39-27/h12-15,18-19,21H,3-11,16-17H2,1-2H3,(H,34,35,36)(H,38,39,42). The minimum atomic E-state index is -4.41. The summed E-state index contributed by atoms with van der Waals surface area (Å²) in [4.78, 5) is 31.0. The van der Waals surface area contributed by atoms with Crippen molar-refractivity contribution in [3.63, 3.8) is 0 Å². The third kappa shape index (κ3) is 6.25. The molecule has 1 atom stereocenters. The zero-order valence-electron chi connectivity index (χ0n) is 24.5. The summed E-state index contributed by atoms with van der Waals surface area (Å²) in [6.07, 6.45) is 5.00. The molecule has 10 nitrogen and oxygen atoms in total. The largest absolute Gasteiger partial charge is 0.439 e. The van der Waals surface area contributed by atoms with Gasteiger partial charge in [-0.3, -0.25) is 9.51 Å². The van der Waals surface area contributed by atoms with E-state index in [4.69, 9.17) is 14.5 Å². The zero-order chi connectivity index (χ0) is 30.1. The van der Waals surface area contributed by atoms with Crippen molar-refractivity contribution in [2.75, 3.05) is 23.3 Å². The molecule has 3 heterocycles. The second kappa shape index (κ2) is 12.0. The molecule has 1 aromatic carbocycles. The van der Waals surface area contributed by atoms with E-state index in [1.807, 2.05) is 4.57 Å². The normalized spacial score (nSPS) is 17.2. The van der Waals surface area contributed by atoms with Crippen molar-refractivity contribution >= 4 is 22.9 Å². The number of nitrogens with zero attached hydrogens (tertiary/aromatic N) is 6. The number of nitrogens with one attached hydrogen (secondary N) is 2. The van der Waals surface area contributed by atoms with Crippen LogP contribution in [0.2, 0.25) is 0 Å². The van der Waals surface area contributed by atoms with E-state index in [9.17, 15) is 18.0 Å². The maximum atomic E-state index is 13.3. The van der Waals surface area contributed by atoms with Crippen LogP contribution in [-0.4, -0.2) is 48.8 Å². The van der Waals surface area contributed by atoms with Gasteiger partial charge in [0.25, 0.3) is 0 Å². The van der Waals surface area contributed by atoms with Gasteiger partial charge in [-0.1, -0.05) is 43.0 Å². The van der Waals surface area contributed by atoms with Gasteiger partial charge < -0.3 is 14.8 Å². The molecule has 2 fully saturated rings. The maximum absolute atomic E-state index is 13.3. The number of H-pyrrole nitrogens is 1. The van der Waals surface area contributed by atoms with Crippen molar-refractivity contribution in [3.8, 4) is 11.6 Å². The Balaban J connectivity index is 1.48. The highest BCUT2D eigenvalue weighted by molar-refractivity contribution is 5.87. The molecular formula is C30H37F3N8O2. The Hall–Kier alpha value is -3.90. The van der Waals surface area contributed by atoms with Crippen molar-refractivity contribution in [3.05, 3.63) is 45.9 Å². The van der Waals surface area contributed by atoms with E-state index in [1.165, 1.54) is 37.8 Å². The van der Waals surface area contributed by atoms with Crippen LogP contribution in [0.5, 0.6) is 0 Å². The van der Waals surface area contributed by atoms with Crippen LogP contribution in [0.15, 0.2) is 33.6 Å². The van der Waals surface area contributed by atoms with Crippen molar-refractivity contribution in [1.29, 1.82) is 0 Å². The van der Waals surface area contributed by atoms with E-state index in [0.717, 1.165) is 44.4 Å². The number of aromatic amines is 1. The fraction of sp³-hybridized carbons (Fsp3) is 0.567. The molecule has 43 heavy (non-hydrogen) atoms. The van der Waals surface area contributed by atoms with Gasteiger partial charge in [-0.15, -0.1) is 0 Å². The Labute approximate surface area is 247 Å². The molecule has 0 amide bonds. The fourth-order valence-electron chi connectivity index (χ4n) is 6.24. The van der Waals surface area contributed by atoms with Gasteiger partial charge in [-0.25, -0.2) is 14.8 Å². The van der Waals surface area contributed by atoms with Gasteiger partial charge in [-0.05, 0) is 69.1 Å². The molecule has 2 N–H and O–H groups in total. The number of hydrogen-bond donors (Lipinski definition) is 2. The molecule has 2 saturated carbocycles. The highest BCUT2D eigenvalue weighted by Crippen LogP contribution is 2.35. The van der Waals surface area contributed by atoms with Crippen LogP contribution >= 0.6 is 0 Å². The molecule has 4 aromatic rings. The zero-order valence-corrected chi connectivity index (χ0v) is 24.5.